The molecule has 0 spiro atoms. The number of carbonyl (C=O) groups is 1. The predicted octanol–water partition coefficient (Wildman–Crippen LogP) is 3.13. The summed E-state index contributed by atoms with van der Waals surface area (Å²) in [7, 11) is 0. The van der Waals surface area contributed by atoms with Gasteiger partial charge in [0.25, 0.3) is 0 Å². The Balaban J connectivity index is 1.48. The van der Waals surface area contributed by atoms with E-state index >= 15 is 0 Å². The molecule has 1 aliphatic rings. The minimum atomic E-state index is 0.0932. The van der Waals surface area contributed by atoms with Crippen molar-refractivity contribution in [3.05, 3.63) is 44.3 Å². The highest BCUT2D eigenvalue weighted by atomic mass is 32.1. The van der Waals surface area contributed by atoms with Crippen LogP contribution in [0, 0.1) is 5.92 Å². The number of carbonyl (C=O) groups excluding carboxylic acids is 1. The average molecular weight is 405 g/mol. The highest BCUT2D eigenvalue weighted by molar-refractivity contribution is 7.10. The first-order valence-electron chi connectivity index (χ1n) is 9.53. The molecule has 0 aliphatic carbocycles. The van der Waals surface area contributed by atoms with Crippen LogP contribution in [0.2, 0.25) is 0 Å². The summed E-state index contributed by atoms with van der Waals surface area (Å²) in [4.78, 5) is 21.8. The molecule has 7 heteroatoms. The SMILES string of the molecule is CCNC(=NCC(=O)N1CCc2sccc2C1)NCC(C)Cc1cccs1. The normalized spacial score (nSPS) is 15.3. The zero-order valence-corrected chi connectivity index (χ0v) is 17.7. The molecule has 3 heterocycles. The Morgan fingerprint density at radius 1 is 1.30 bits per heavy atom. The van der Waals surface area contributed by atoms with Crippen molar-refractivity contribution in [2.24, 2.45) is 10.9 Å². The van der Waals surface area contributed by atoms with Gasteiger partial charge in [0, 0.05) is 35.9 Å². The van der Waals surface area contributed by atoms with Gasteiger partial charge in [-0.25, -0.2) is 4.99 Å². The molecule has 1 atom stereocenters. The summed E-state index contributed by atoms with van der Waals surface area (Å²) < 4.78 is 0. The van der Waals surface area contributed by atoms with Crippen molar-refractivity contribution in [2.45, 2.75) is 33.2 Å². The maximum absolute atomic E-state index is 12.6. The number of amides is 1. The molecule has 3 rings (SSSR count). The van der Waals surface area contributed by atoms with Gasteiger partial charge in [0.05, 0.1) is 0 Å². The van der Waals surface area contributed by atoms with Gasteiger partial charge in [-0.05, 0) is 54.1 Å². The lowest BCUT2D eigenvalue weighted by atomic mass is 10.1. The van der Waals surface area contributed by atoms with Gasteiger partial charge in [-0.3, -0.25) is 4.79 Å². The zero-order valence-electron chi connectivity index (χ0n) is 16.0. The van der Waals surface area contributed by atoms with Crippen LogP contribution in [0.3, 0.4) is 0 Å². The molecule has 0 fully saturated rings. The summed E-state index contributed by atoms with van der Waals surface area (Å²) in [5.74, 6) is 1.31. The quantitative estimate of drug-likeness (QED) is 0.551. The predicted molar refractivity (Wildman–Crippen MR) is 115 cm³/mol. The molecule has 146 valence electrons. The van der Waals surface area contributed by atoms with E-state index in [1.54, 1.807) is 22.7 Å². The van der Waals surface area contributed by atoms with Crippen LogP contribution in [0.1, 0.15) is 29.2 Å². The van der Waals surface area contributed by atoms with Crippen LogP contribution < -0.4 is 10.6 Å². The molecule has 2 N–H and O–H groups in total. The van der Waals surface area contributed by atoms with E-state index in [1.165, 1.54) is 15.3 Å². The van der Waals surface area contributed by atoms with E-state index in [9.17, 15) is 4.79 Å². The molecule has 1 aliphatic heterocycles. The summed E-state index contributed by atoms with van der Waals surface area (Å²) in [6.45, 7) is 7.58. The van der Waals surface area contributed by atoms with Crippen LogP contribution in [0.25, 0.3) is 0 Å². The summed E-state index contributed by atoms with van der Waals surface area (Å²) in [6, 6.07) is 6.40. The van der Waals surface area contributed by atoms with Crippen molar-refractivity contribution >= 4 is 34.5 Å². The van der Waals surface area contributed by atoms with Crippen molar-refractivity contribution in [2.75, 3.05) is 26.2 Å². The Hall–Kier alpha value is -1.86. The number of hydrogen-bond donors (Lipinski definition) is 2. The van der Waals surface area contributed by atoms with Crippen LogP contribution in [-0.2, 0) is 24.2 Å². The Morgan fingerprint density at radius 2 is 2.19 bits per heavy atom. The molecule has 0 saturated heterocycles. The fraction of sp³-hybridized carbons (Fsp3) is 0.500. The number of guanidine groups is 1. The minimum absolute atomic E-state index is 0.0932. The molecule has 5 nitrogen and oxygen atoms in total. The molecule has 0 radical (unpaired) electrons. The van der Waals surface area contributed by atoms with E-state index in [0.717, 1.165) is 45.0 Å². The second kappa shape index (κ2) is 9.90. The van der Waals surface area contributed by atoms with Crippen molar-refractivity contribution in [1.29, 1.82) is 0 Å². The topological polar surface area (TPSA) is 56.7 Å². The maximum atomic E-state index is 12.6. The van der Waals surface area contributed by atoms with Crippen molar-refractivity contribution in [3.63, 3.8) is 0 Å². The number of fused-ring (bicyclic) bond motifs is 1. The van der Waals surface area contributed by atoms with Gasteiger partial charge in [-0.15, -0.1) is 22.7 Å². The zero-order chi connectivity index (χ0) is 19.1. The summed E-state index contributed by atoms with van der Waals surface area (Å²) in [5.41, 5.74) is 1.29. The molecule has 1 amide bonds. The highest BCUT2D eigenvalue weighted by Crippen LogP contribution is 2.23. The molecule has 2 aromatic heterocycles. The van der Waals surface area contributed by atoms with Gasteiger partial charge in [0.1, 0.15) is 6.54 Å². The number of aliphatic imine (C=N–C) groups is 1. The third-order valence-corrected chi connectivity index (χ3v) is 6.55. The highest BCUT2D eigenvalue weighted by Gasteiger charge is 2.21. The molecule has 2 aromatic rings. The summed E-state index contributed by atoms with van der Waals surface area (Å²) >= 11 is 3.59. The first-order chi connectivity index (χ1) is 13.2. The van der Waals surface area contributed by atoms with E-state index in [1.807, 2.05) is 11.8 Å². The lowest BCUT2D eigenvalue weighted by Crippen LogP contribution is -2.41. The van der Waals surface area contributed by atoms with Gasteiger partial charge in [0.15, 0.2) is 5.96 Å². The monoisotopic (exact) mass is 404 g/mol. The Labute approximate surface area is 169 Å². The molecular formula is C20H28N4OS2. The van der Waals surface area contributed by atoms with Gasteiger partial charge in [-0.2, -0.15) is 0 Å². The lowest BCUT2D eigenvalue weighted by molar-refractivity contribution is -0.130. The smallest absolute Gasteiger partial charge is 0.244 e. The van der Waals surface area contributed by atoms with Crippen LogP contribution in [0.5, 0.6) is 0 Å². The van der Waals surface area contributed by atoms with E-state index in [4.69, 9.17) is 0 Å². The van der Waals surface area contributed by atoms with E-state index < -0.39 is 0 Å². The van der Waals surface area contributed by atoms with Crippen molar-refractivity contribution < 1.29 is 4.79 Å². The lowest BCUT2D eigenvalue weighted by Gasteiger charge is -2.26. The van der Waals surface area contributed by atoms with Crippen LogP contribution in [-0.4, -0.2) is 42.9 Å². The first kappa shape index (κ1) is 19.9. The first-order valence-corrected chi connectivity index (χ1v) is 11.3. The number of nitrogens with one attached hydrogen (secondary N) is 2. The largest absolute Gasteiger partial charge is 0.357 e. The number of nitrogens with zero attached hydrogens (tertiary/aromatic N) is 2. The molecular weight excluding hydrogens is 376 g/mol. The number of thiophene rings is 2. The molecule has 0 saturated carbocycles. The Kier molecular flexibility index (Phi) is 7.29. The number of hydrogen-bond acceptors (Lipinski definition) is 4. The second-order valence-electron chi connectivity index (χ2n) is 6.90. The third kappa shape index (κ3) is 5.81. The molecule has 1 unspecified atom stereocenters. The van der Waals surface area contributed by atoms with Crippen molar-refractivity contribution in [3.8, 4) is 0 Å². The van der Waals surface area contributed by atoms with E-state index in [0.29, 0.717) is 5.92 Å². The summed E-state index contributed by atoms with van der Waals surface area (Å²) in [5, 5.41) is 10.8. The fourth-order valence-electron chi connectivity index (χ4n) is 3.17. The van der Waals surface area contributed by atoms with E-state index in [-0.39, 0.29) is 12.5 Å². The fourth-order valence-corrected chi connectivity index (χ4v) is 4.92. The van der Waals surface area contributed by atoms with Crippen molar-refractivity contribution in [1.82, 2.24) is 15.5 Å². The molecule has 27 heavy (non-hydrogen) atoms. The van der Waals surface area contributed by atoms with Crippen LogP contribution >= 0.6 is 22.7 Å². The third-order valence-electron chi connectivity index (χ3n) is 4.62. The van der Waals surface area contributed by atoms with Gasteiger partial charge in [0.2, 0.25) is 5.91 Å². The Bertz CT molecular complexity index is 754. The van der Waals surface area contributed by atoms with Gasteiger partial charge in [-0.1, -0.05) is 13.0 Å². The van der Waals surface area contributed by atoms with Gasteiger partial charge < -0.3 is 15.5 Å². The molecule has 0 aromatic carbocycles. The summed E-state index contributed by atoms with van der Waals surface area (Å²) in [6.07, 6.45) is 2.01. The average Bonchev–Trinajstić information content (AvgIpc) is 3.34. The second-order valence-corrected chi connectivity index (χ2v) is 8.93. The Morgan fingerprint density at radius 3 is 2.96 bits per heavy atom. The van der Waals surface area contributed by atoms with Crippen LogP contribution in [0.4, 0.5) is 0 Å². The standard InChI is InChI=1S/C20H28N4OS2/c1-3-21-20(22-12-15(2)11-17-5-4-9-26-17)23-13-19(25)24-8-6-18-16(14-24)7-10-27-18/h4-5,7,9-10,15H,3,6,8,11-14H2,1-2H3,(H2,21,22,23). The molecule has 0 bridgehead atoms. The minimum Gasteiger partial charge on any atom is -0.357 e. The maximum Gasteiger partial charge on any atom is 0.244 e. The van der Waals surface area contributed by atoms with Gasteiger partial charge >= 0.3 is 0 Å². The number of rotatable bonds is 7. The van der Waals surface area contributed by atoms with E-state index in [2.05, 4.69) is 51.5 Å². The van der Waals surface area contributed by atoms with Crippen LogP contribution in [0.15, 0.2) is 34.0 Å².